The van der Waals surface area contributed by atoms with Crippen LogP contribution in [0.4, 0.5) is 4.39 Å². The zero-order valence-corrected chi connectivity index (χ0v) is 14.0. The quantitative estimate of drug-likeness (QED) is 0.594. The average molecular weight is 325 g/mol. The Balaban J connectivity index is 2.21. The van der Waals surface area contributed by atoms with Crippen LogP contribution < -0.4 is 0 Å². The summed E-state index contributed by atoms with van der Waals surface area (Å²) in [7, 11) is 0. The Bertz CT molecular complexity index is 635. The van der Waals surface area contributed by atoms with Gasteiger partial charge in [0.1, 0.15) is 5.82 Å². The van der Waals surface area contributed by atoms with E-state index in [-0.39, 0.29) is 16.8 Å². The molecule has 3 heteroatoms. The van der Waals surface area contributed by atoms with Gasteiger partial charge in [0.15, 0.2) is 0 Å². The van der Waals surface area contributed by atoms with E-state index in [0.29, 0.717) is 5.92 Å². The Hall–Kier alpha value is -1.05. The molecule has 1 unspecified atom stereocenters. The van der Waals surface area contributed by atoms with Crippen LogP contribution in [0.25, 0.3) is 0 Å². The van der Waals surface area contributed by atoms with Gasteiger partial charge in [0.05, 0.1) is 5.02 Å². The predicted molar refractivity (Wildman–Crippen MR) is 89.1 cm³/mol. The first-order chi connectivity index (χ1) is 9.88. The highest BCUT2D eigenvalue weighted by molar-refractivity contribution is 6.31. The molecule has 0 N–H and O–H groups in total. The molecular weight excluding hydrogens is 306 g/mol. The SMILES string of the molecule is CC(C)c1cc(CC(C)c2ccc(F)c(Cl)c2)ccc1Cl. The molecule has 2 aromatic rings. The van der Waals surface area contributed by atoms with Crippen molar-refractivity contribution in [1.82, 2.24) is 0 Å². The van der Waals surface area contributed by atoms with Crippen LogP contribution in [0.15, 0.2) is 36.4 Å². The third-order valence-corrected chi connectivity index (χ3v) is 4.37. The Morgan fingerprint density at radius 1 is 0.952 bits per heavy atom. The van der Waals surface area contributed by atoms with Crippen LogP contribution in [-0.4, -0.2) is 0 Å². The van der Waals surface area contributed by atoms with Crippen LogP contribution >= 0.6 is 23.2 Å². The molecule has 0 amide bonds. The van der Waals surface area contributed by atoms with E-state index in [1.165, 1.54) is 17.2 Å². The molecule has 0 saturated heterocycles. The van der Waals surface area contributed by atoms with Crippen LogP contribution in [0.5, 0.6) is 0 Å². The normalized spacial score (nSPS) is 12.7. The molecule has 2 rings (SSSR count). The lowest BCUT2D eigenvalue weighted by molar-refractivity contribution is 0.625. The standard InChI is InChI=1S/C18H19Cl2F/c1-11(2)15-9-13(4-6-16(15)19)8-12(3)14-5-7-18(21)17(20)10-14/h4-7,9-12H,8H2,1-3H3. The predicted octanol–water partition coefficient (Wildman–Crippen LogP) is 6.60. The van der Waals surface area contributed by atoms with Gasteiger partial charge in [0.2, 0.25) is 0 Å². The second-order valence-corrected chi connectivity index (χ2v) is 6.60. The van der Waals surface area contributed by atoms with Crippen molar-refractivity contribution in [2.75, 3.05) is 0 Å². The van der Waals surface area contributed by atoms with Crippen molar-refractivity contribution in [1.29, 1.82) is 0 Å². The number of hydrogen-bond acceptors (Lipinski definition) is 0. The highest BCUT2D eigenvalue weighted by Gasteiger charge is 2.12. The summed E-state index contributed by atoms with van der Waals surface area (Å²) in [6.45, 7) is 6.38. The molecule has 21 heavy (non-hydrogen) atoms. The van der Waals surface area contributed by atoms with E-state index < -0.39 is 0 Å². The summed E-state index contributed by atoms with van der Waals surface area (Å²) >= 11 is 12.1. The maximum absolute atomic E-state index is 13.2. The third kappa shape index (κ3) is 3.99. The summed E-state index contributed by atoms with van der Waals surface area (Å²) in [5.74, 6) is 0.290. The Morgan fingerprint density at radius 3 is 2.29 bits per heavy atom. The number of benzene rings is 2. The van der Waals surface area contributed by atoms with Crippen molar-refractivity contribution in [3.63, 3.8) is 0 Å². The molecule has 0 saturated carbocycles. The van der Waals surface area contributed by atoms with Crippen LogP contribution in [-0.2, 0) is 6.42 Å². The molecule has 0 fully saturated rings. The second-order valence-electron chi connectivity index (χ2n) is 5.79. The van der Waals surface area contributed by atoms with Crippen molar-refractivity contribution in [2.24, 2.45) is 0 Å². The lowest BCUT2D eigenvalue weighted by Gasteiger charge is -2.15. The monoisotopic (exact) mass is 324 g/mol. The molecule has 2 aromatic carbocycles. The smallest absolute Gasteiger partial charge is 0.141 e. The van der Waals surface area contributed by atoms with Gasteiger partial charge in [-0.1, -0.05) is 62.2 Å². The van der Waals surface area contributed by atoms with Gasteiger partial charge in [-0.2, -0.15) is 0 Å². The fraction of sp³-hybridized carbons (Fsp3) is 0.333. The van der Waals surface area contributed by atoms with Crippen molar-refractivity contribution in [2.45, 2.75) is 39.0 Å². The summed E-state index contributed by atoms with van der Waals surface area (Å²) in [5, 5.41) is 0.990. The third-order valence-electron chi connectivity index (χ3n) is 3.74. The lowest BCUT2D eigenvalue weighted by atomic mass is 9.91. The molecule has 0 aliphatic rings. The fourth-order valence-electron chi connectivity index (χ4n) is 2.45. The first-order valence-corrected chi connectivity index (χ1v) is 7.87. The molecule has 0 aromatic heterocycles. The number of hydrogen-bond donors (Lipinski definition) is 0. The molecular formula is C18H19Cl2F. The highest BCUT2D eigenvalue weighted by Crippen LogP contribution is 2.29. The molecule has 0 bridgehead atoms. The summed E-state index contributed by atoms with van der Waals surface area (Å²) in [6, 6.07) is 11.1. The van der Waals surface area contributed by atoms with Gasteiger partial charge < -0.3 is 0 Å². The van der Waals surface area contributed by atoms with E-state index in [4.69, 9.17) is 23.2 Å². The molecule has 0 nitrogen and oxygen atoms in total. The largest absolute Gasteiger partial charge is 0.205 e. The van der Waals surface area contributed by atoms with Gasteiger partial charge in [-0.15, -0.1) is 0 Å². The van der Waals surface area contributed by atoms with E-state index in [9.17, 15) is 4.39 Å². The van der Waals surface area contributed by atoms with Gasteiger partial charge in [-0.25, -0.2) is 4.39 Å². The molecule has 0 spiro atoms. The van der Waals surface area contributed by atoms with Gasteiger partial charge in [-0.05, 0) is 53.1 Å². The zero-order chi connectivity index (χ0) is 15.6. The van der Waals surface area contributed by atoms with Crippen molar-refractivity contribution >= 4 is 23.2 Å². The first kappa shape index (κ1) is 16.3. The minimum atomic E-state index is -0.374. The average Bonchev–Trinajstić information content (AvgIpc) is 2.43. The van der Waals surface area contributed by atoms with Gasteiger partial charge in [0, 0.05) is 5.02 Å². The van der Waals surface area contributed by atoms with Crippen LogP contribution in [0, 0.1) is 5.82 Å². The maximum atomic E-state index is 13.2. The minimum absolute atomic E-state index is 0.179. The second kappa shape index (κ2) is 6.81. The summed E-state index contributed by atoms with van der Waals surface area (Å²) < 4.78 is 13.2. The Morgan fingerprint density at radius 2 is 1.67 bits per heavy atom. The number of rotatable bonds is 4. The van der Waals surface area contributed by atoms with Crippen LogP contribution in [0.3, 0.4) is 0 Å². The summed E-state index contributed by atoms with van der Waals surface area (Å²) in [6.07, 6.45) is 0.874. The van der Waals surface area contributed by atoms with E-state index in [1.54, 1.807) is 12.1 Å². The van der Waals surface area contributed by atoms with Crippen LogP contribution in [0.1, 0.15) is 49.3 Å². The molecule has 0 aliphatic carbocycles. The van der Waals surface area contributed by atoms with Gasteiger partial charge in [-0.3, -0.25) is 0 Å². The molecule has 0 aliphatic heterocycles. The van der Waals surface area contributed by atoms with E-state index in [2.05, 4.69) is 32.9 Å². The molecule has 112 valence electrons. The van der Waals surface area contributed by atoms with Crippen molar-refractivity contribution < 1.29 is 4.39 Å². The van der Waals surface area contributed by atoms with Crippen LogP contribution in [0.2, 0.25) is 10.0 Å². The highest BCUT2D eigenvalue weighted by atomic mass is 35.5. The van der Waals surface area contributed by atoms with Gasteiger partial charge in [0.25, 0.3) is 0 Å². The first-order valence-electron chi connectivity index (χ1n) is 7.11. The van der Waals surface area contributed by atoms with E-state index in [0.717, 1.165) is 17.0 Å². The van der Waals surface area contributed by atoms with E-state index >= 15 is 0 Å². The van der Waals surface area contributed by atoms with Crippen molar-refractivity contribution in [3.05, 3.63) is 69.0 Å². The summed E-state index contributed by atoms with van der Waals surface area (Å²) in [5.41, 5.74) is 3.44. The zero-order valence-electron chi connectivity index (χ0n) is 12.5. The minimum Gasteiger partial charge on any atom is -0.205 e. The Kier molecular flexibility index (Phi) is 5.29. The summed E-state index contributed by atoms with van der Waals surface area (Å²) in [4.78, 5) is 0. The van der Waals surface area contributed by atoms with Gasteiger partial charge >= 0.3 is 0 Å². The lowest BCUT2D eigenvalue weighted by Crippen LogP contribution is -2.00. The fourth-order valence-corrected chi connectivity index (χ4v) is 2.98. The Labute approximate surface area is 135 Å². The number of halogens is 3. The maximum Gasteiger partial charge on any atom is 0.141 e. The molecule has 0 heterocycles. The molecule has 0 radical (unpaired) electrons. The van der Waals surface area contributed by atoms with E-state index in [1.807, 2.05) is 6.07 Å². The van der Waals surface area contributed by atoms with Crippen molar-refractivity contribution in [3.8, 4) is 0 Å². The molecule has 1 atom stereocenters. The topological polar surface area (TPSA) is 0 Å².